The second-order valence-electron chi connectivity index (χ2n) is 4.46. The predicted octanol–water partition coefficient (Wildman–Crippen LogP) is 0.553. The fourth-order valence-electron chi connectivity index (χ4n) is 1.86. The van der Waals surface area contributed by atoms with Crippen LogP contribution in [0, 0.1) is 11.3 Å². The van der Waals surface area contributed by atoms with Gasteiger partial charge in [0.1, 0.15) is 6.54 Å². The van der Waals surface area contributed by atoms with Crippen molar-refractivity contribution in [2.75, 3.05) is 26.7 Å². The van der Waals surface area contributed by atoms with Gasteiger partial charge in [-0.05, 0) is 19.9 Å². The minimum absolute atomic E-state index is 0.0119. The molecular formula is C12H22N4O. The molecule has 1 atom stereocenters. The van der Waals surface area contributed by atoms with Crippen molar-refractivity contribution < 1.29 is 4.79 Å². The highest BCUT2D eigenvalue weighted by Gasteiger charge is 2.20. The Balaban J connectivity index is 2.29. The molecule has 96 valence electrons. The monoisotopic (exact) mass is 238 g/mol. The molecule has 5 nitrogen and oxygen atoms in total. The molecule has 0 aromatic carbocycles. The molecule has 1 rings (SSSR count). The van der Waals surface area contributed by atoms with E-state index >= 15 is 0 Å². The summed E-state index contributed by atoms with van der Waals surface area (Å²) in [4.78, 5) is 17.7. The second kappa shape index (κ2) is 7.17. The molecule has 17 heavy (non-hydrogen) atoms. The summed E-state index contributed by atoms with van der Waals surface area (Å²) >= 11 is 0. The van der Waals surface area contributed by atoms with Crippen molar-refractivity contribution in [3.05, 3.63) is 0 Å². The zero-order chi connectivity index (χ0) is 12.7. The van der Waals surface area contributed by atoms with Crippen LogP contribution in [0.25, 0.3) is 0 Å². The summed E-state index contributed by atoms with van der Waals surface area (Å²) in [7, 11) is 1.96. The van der Waals surface area contributed by atoms with Crippen LogP contribution in [0.1, 0.15) is 19.8 Å². The number of rotatable bonds is 5. The minimum atomic E-state index is 0.0119. The molecule has 1 amide bonds. The van der Waals surface area contributed by atoms with Gasteiger partial charge >= 0.3 is 0 Å². The lowest BCUT2D eigenvalue weighted by Gasteiger charge is -2.31. The SMILES string of the molecule is CNC1CCN(C(=O)CN=CC(C)C=N)CC1. The van der Waals surface area contributed by atoms with Crippen molar-refractivity contribution in [1.82, 2.24) is 10.2 Å². The van der Waals surface area contributed by atoms with E-state index < -0.39 is 0 Å². The van der Waals surface area contributed by atoms with Gasteiger partial charge in [0, 0.05) is 37.5 Å². The fraction of sp³-hybridized carbons (Fsp3) is 0.750. The molecule has 1 heterocycles. The Morgan fingerprint density at radius 3 is 2.76 bits per heavy atom. The molecule has 1 fully saturated rings. The minimum Gasteiger partial charge on any atom is -0.341 e. The predicted molar refractivity (Wildman–Crippen MR) is 70.0 cm³/mol. The number of carbonyl (C=O) groups is 1. The third-order valence-corrected chi connectivity index (χ3v) is 3.09. The smallest absolute Gasteiger partial charge is 0.244 e. The fourth-order valence-corrected chi connectivity index (χ4v) is 1.86. The van der Waals surface area contributed by atoms with Gasteiger partial charge in [-0.1, -0.05) is 6.92 Å². The lowest BCUT2D eigenvalue weighted by molar-refractivity contribution is -0.130. The zero-order valence-corrected chi connectivity index (χ0v) is 10.6. The van der Waals surface area contributed by atoms with Gasteiger partial charge in [0.2, 0.25) is 5.91 Å². The Hall–Kier alpha value is -1.23. The first-order chi connectivity index (χ1) is 8.17. The molecule has 1 unspecified atom stereocenters. The van der Waals surface area contributed by atoms with E-state index in [1.165, 1.54) is 6.21 Å². The molecule has 5 heteroatoms. The van der Waals surface area contributed by atoms with Crippen LogP contribution in [0.2, 0.25) is 0 Å². The van der Waals surface area contributed by atoms with Gasteiger partial charge in [0.15, 0.2) is 0 Å². The number of amides is 1. The molecule has 0 spiro atoms. The van der Waals surface area contributed by atoms with E-state index in [2.05, 4.69) is 10.3 Å². The van der Waals surface area contributed by atoms with E-state index in [4.69, 9.17) is 5.41 Å². The lowest BCUT2D eigenvalue weighted by atomic mass is 10.1. The molecular weight excluding hydrogens is 216 g/mol. The average molecular weight is 238 g/mol. The van der Waals surface area contributed by atoms with Crippen molar-refractivity contribution in [2.45, 2.75) is 25.8 Å². The van der Waals surface area contributed by atoms with Gasteiger partial charge < -0.3 is 15.6 Å². The molecule has 1 aliphatic rings. The lowest BCUT2D eigenvalue weighted by Crippen LogP contribution is -2.44. The summed E-state index contributed by atoms with van der Waals surface area (Å²) in [5, 5.41) is 10.3. The average Bonchev–Trinajstić information content (AvgIpc) is 2.38. The van der Waals surface area contributed by atoms with Crippen LogP contribution >= 0.6 is 0 Å². The summed E-state index contributed by atoms with van der Waals surface area (Å²) < 4.78 is 0. The molecule has 0 radical (unpaired) electrons. The van der Waals surface area contributed by atoms with Crippen molar-refractivity contribution >= 4 is 18.3 Å². The standard InChI is InChI=1S/C12H22N4O/c1-10(7-13)8-15-9-12(17)16-5-3-11(14-2)4-6-16/h7-8,10-11,13-14H,3-6,9H2,1-2H3. The highest BCUT2D eigenvalue weighted by atomic mass is 16.2. The Labute approximate surface area is 103 Å². The molecule has 0 aromatic heterocycles. The molecule has 0 aliphatic carbocycles. The maximum Gasteiger partial charge on any atom is 0.244 e. The van der Waals surface area contributed by atoms with Crippen LogP contribution in [-0.2, 0) is 4.79 Å². The van der Waals surface area contributed by atoms with Gasteiger partial charge in [-0.2, -0.15) is 0 Å². The Morgan fingerprint density at radius 1 is 1.59 bits per heavy atom. The highest BCUT2D eigenvalue weighted by Crippen LogP contribution is 2.09. The van der Waals surface area contributed by atoms with Crippen LogP contribution in [0.15, 0.2) is 4.99 Å². The van der Waals surface area contributed by atoms with Gasteiger partial charge in [-0.25, -0.2) is 0 Å². The Bertz CT molecular complexity index is 282. The van der Waals surface area contributed by atoms with E-state index in [-0.39, 0.29) is 18.4 Å². The maximum atomic E-state index is 11.8. The number of aliphatic imine (C=N–C) groups is 1. The molecule has 1 saturated heterocycles. The second-order valence-corrected chi connectivity index (χ2v) is 4.46. The number of nitrogens with one attached hydrogen (secondary N) is 2. The Morgan fingerprint density at radius 2 is 2.24 bits per heavy atom. The third kappa shape index (κ3) is 4.65. The summed E-state index contributed by atoms with van der Waals surface area (Å²) in [5.74, 6) is 0.103. The van der Waals surface area contributed by atoms with E-state index in [1.54, 1.807) is 6.21 Å². The first kappa shape index (κ1) is 13.8. The van der Waals surface area contributed by atoms with E-state index in [0.717, 1.165) is 25.9 Å². The number of hydrogen-bond acceptors (Lipinski definition) is 4. The van der Waals surface area contributed by atoms with Gasteiger partial charge in [0.05, 0.1) is 0 Å². The molecule has 2 N–H and O–H groups in total. The molecule has 0 aromatic rings. The number of hydrogen-bond donors (Lipinski definition) is 2. The van der Waals surface area contributed by atoms with Crippen LogP contribution in [0.4, 0.5) is 0 Å². The first-order valence-electron chi connectivity index (χ1n) is 6.13. The molecule has 1 aliphatic heterocycles. The quantitative estimate of drug-likeness (QED) is 0.687. The number of likely N-dealkylation sites (tertiary alicyclic amines) is 1. The zero-order valence-electron chi connectivity index (χ0n) is 10.6. The van der Waals surface area contributed by atoms with Crippen molar-refractivity contribution in [2.24, 2.45) is 10.9 Å². The normalized spacial score (nSPS) is 19.5. The largest absolute Gasteiger partial charge is 0.341 e. The molecule has 0 bridgehead atoms. The van der Waals surface area contributed by atoms with Crippen molar-refractivity contribution in [3.8, 4) is 0 Å². The topological polar surface area (TPSA) is 68.6 Å². The summed E-state index contributed by atoms with van der Waals surface area (Å²) in [6.45, 7) is 3.72. The van der Waals surface area contributed by atoms with E-state index in [9.17, 15) is 4.79 Å². The van der Waals surface area contributed by atoms with Crippen LogP contribution in [0.5, 0.6) is 0 Å². The highest BCUT2D eigenvalue weighted by molar-refractivity contribution is 5.84. The van der Waals surface area contributed by atoms with E-state index in [1.807, 2.05) is 18.9 Å². The summed E-state index contributed by atoms with van der Waals surface area (Å²) in [6, 6.07) is 0.542. The van der Waals surface area contributed by atoms with Crippen LogP contribution < -0.4 is 5.32 Å². The first-order valence-corrected chi connectivity index (χ1v) is 6.13. The van der Waals surface area contributed by atoms with Gasteiger partial charge in [-0.3, -0.25) is 9.79 Å². The third-order valence-electron chi connectivity index (χ3n) is 3.09. The maximum absolute atomic E-state index is 11.8. The number of carbonyl (C=O) groups excluding carboxylic acids is 1. The number of nitrogens with zero attached hydrogens (tertiary/aromatic N) is 2. The Kier molecular flexibility index (Phi) is 5.83. The van der Waals surface area contributed by atoms with Crippen molar-refractivity contribution in [3.63, 3.8) is 0 Å². The summed E-state index contributed by atoms with van der Waals surface area (Å²) in [5.41, 5.74) is 0. The molecule has 0 saturated carbocycles. The van der Waals surface area contributed by atoms with Gasteiger partial charge in [-0.15, -0.1) is 0 Å². The van der Waals surface area contributed by atoms with E-state index in [0.29, 0.717) is 6.04 Å². The van der Waals surface area contributed by atoms with Gasteiger partial charge in [0.25, 0.3) is 0 Å². The number of piperidine rings is 1. The van der Waals surface area contributed by atoms with Crippen molar-refractivity contribution in [1.29, 1.82) is 5.41 Å². The summed E-state index contributed by atoms with van der Waals surface area (Å²) in [6.07, 6.45) is 5.00. The van der Waals surface area contributed by atoms with Crippen LogP contribution in [-0.4, -0.2) is 56.0 Å². The van der Waals surface area contributed by atoms with Crippen LogP contribution in [0.3, 0.4) is 0 Å².